The number of benzene rings is 3. The molecule has 156 valence electrons. The lowest BCUT2D eigenvalue weighted by atomic mass is 10.1. The Hall–Kier alpha value is -3.09. The zero-order chi connectivity index (χ0) is 22.0. The first-order valence-electron chi connectivity index (χ1n) is 9.57. The molecule has 0 amide bonds. The summed E-state index contributed by atoms with van der Waals surface area (Å²) in [5.74, 6) is 0.505. The van der Waals surface area contributed by atoms with Crippen LogP contribution in [0, 0.1) is 6.92 Å². The number of aryl methyl sites for hydroxylation is 1. The van der Waals surface area contributed by atoms with E-state index in [1.165, 1.54) is 23.4 Å². The molecule has 31 heavy (non-hydrogen) atoms. The summed E-state index contributed by atoms with van der Waals surface area (Å²) < 4.78 is 6.80. The Morgan fingerprint density at radius 1 is 1.10 bits per heavy atom. The van der Waals surface area contributed by atoms with Gasteiger partial charge in [-0.25, -0.2) is 4.98 Å². The van der Waals surface area contributed by atoms with Crippen LogP contribution in [-0.2, 0) is 0 Å². The van der Waals surface area contributed by atoms with Gasteiger partial charge in [0.25, 0.3) is 5.56 Å². The lowest BCUT2D eigenvalue weighted by Crippen LogP contribution is -2.22. The number of hydrogen-bond donors (Lipinski definition) is 0. The Kier molecular flexibility index (Phi) is 6.11. The molecule has 0 saturated heterocycles. The number of carbonyl (C=O) groups excluding carboxylic acids is 1. The third-order valence-electron chi connectivity index (χ3n) is 4.90. The van der Waals surface area contributed by atoms with E-state index in [0.717, 1.165) is 5.56 Å². The van der Waals surface area contributed by atoms with E-state index < -0.39 is 0 Å². The SMILES string of the molecule is COc1ccccc1C(=O)CSc1nc2ccccc2c(=O)n1-c1ccc(C)c(Cl)c1. The van der Waals surface area contributed by atoms with Gasteiger partial charge < -0.3 is 4.74 Å². The van der Waals surface area contributed by atoms with Crippen LogP contribution in [0.5, 0.6) is 5.75 Å². The molecule has 3 aromatic carbocycles. The first kappa shape index (κ1) is 21.2. The van der Waals surface area contributed by atoms with Crippen molar-refractivity contribution in [3.8, 4) is 11.4 Å². The van der Waals surface area contributed by atoms with Gasteiger partial charge in [0.05, 0.1) is 35.0 Å². The van der Waals surface area contributed by atoms with Gasteiger partial charge in [0.1, 0.15) is 5.75 Å². The number of nitrogens with zero attached hydrogens (tertiary/aromatic N) is 2. The number of para-hydroxylation sites is 2. The maximum atomic E-state index is 13.3. The quantitative estimate of drug-likeness (QED) is 0.226. The van der Waals surface area contributed by atoms with Crippen LogP contribution < -0.4 is 10.3 Å². The molecule has 0 spiro atoms. The lowest BCUT2D eigenvalue weighted by Gasteiger charge is -2.14. The van der Waals surface area contributed by atoms with Crippen molar-refractivity contribution in [2.45, 2.75) is 12.1 Å². The minimum absolute atomic E-state index is 0.102. The summed E-state index contributed by atoms with van der Waals surface area (Å²) in [6, 6.07) is 19.6. The zero-order valence-corrected chi connectivity index (χ0v) is 18.5. The number of Topliss-reactive ketones (excluding diaryl/α,β-unsaturated/α-hetero) is 1. The maximum absolute atomic E-state index is 13.3. The number of rotatable bonds is 6. The maximum Gasteiger partial charge on any atom is 0.266 e. The van der Waals surface area contributed by atoms with Crippen molar-refractivity contribution in [2.75, 3.05) is 12.9 Å². The topological polar surface area (TPSA) is 61.2 Å². The minimum Gasteiger partial charge on any atom is -0.496 e. The predicted molar refractivity (Wildman–Crippen MR) is 125 cm³/mol. The predicted octanol–water partition coefficient (Wildman–Crippen LogP) is 5.33. The summed E-state index contributed by atoms with van der Waals surface area (Å²) in [7, 11) is 1.53. The molecule has 0 aliphatic heterocycles. The average molecular weight is 451 g/mol. The summed E-state index contributed by atoms with van der Waals surface area (Å²) in [5, 5.41) is 1.48. The first-order valence-corrected chi connectivity index (χ1v) is 10.9. The number of halogens is 1. The van der Waals surface area contributed by atoms with E-state index in [0.29, 0.717) is 38.1 Å². The Labute approximate surface area is 188 Å². The highest BCUT2D eigenvalue weighted by atomic mass is 35.5. The van der Waals surface area contributed by atoms with Gasteiger partial charge in [-0.2, -0.15) is 0 Å². The van der Waals surface area contributed by atoms with E-state index in [2.05, 4.69) is 4.98 Å². The van der Waals surface area contributed by atoms with Crippen molar-refractivity contribution in [3.63, 3.8) is 0 Å². The Morgan fingerprint density at radius 3 is 2.61 bits per heavy atom. The molecule has 5 nitrogen and oxygen atoms in total. The molecule has 1 heterocycles. The molecule has 0 radical (unpaired) electrons. The highest BCUT2D eigenvalue weighted by molar-refractivity contribution is 7.99. The van der Waals surface area contributed by atoms with E-state index in [1.54, 1.807) is 42.5 Å². The molecule has 0 aliphatic rings. The molecule has 0 fully saturated rings. The van der Waals surface area contributed by atoms with Crippen molar-refractivity contribution in [1.29, 1.82) is 0 Å². The fourth-order valence-corrected chi connectivity index (χ4v) is 4.31. The van der Waals surface area contributed by atoms with Crippen LogP contribution in [0.4, 0.5) is 0 Å². The molecule has 0 N–H and O–H groups in total. The number of hydrogen-bond acceptors (Lipinski definition) is 5. The molecule has 4 rings (SSSR count). The monoisotopic (exact) mass is 450 g/mol. The van der Waals surface area contributed by atoms with Crippen molar-refractivity contribution in [1.82, 2.24) is 9.55 Å². The van der Waals surface area contributed by atoms with Crippen molar-refractivity contribution < 1.29 is 9.53 Å². The Bertz CT molecular complexity index is 1350. The second-order valence-corrected chi connectivity index (χ2v) is 8.25. The summed E-state index contributed by atoms with van der Waals surface area (Å²) in [5.41, 5.74) is 2.37. The molecule has 0 aliphatic carbocycles. The Balaban J connectivity index is 1.78. The summed E-state index contributed by atoms with van der Waals surface area (Å²) in [6.45, 7) is 1.90. The van der Waals surface area contributed by atoms with Crippen LogP contribution in [0.3, 0.4) is 0 Å². The van der Waals surface area contributed by atoms with E-state index in [1.807, 2.05) is 31.2 Å². The highest BCUT2D eigenvalue weighted by Crippen LogP contribution is 2.26. The summed E-state index contributed by atoms with van der Waals surface area (Å²) in [4.78, 5) is 30.9. The molecule has 7 heteroatoms. The molecule has 1 aromatic heterocycles. The van der Waals surface area contributed by atoms with Crippen molar-refractivity contribution in [3.05, 3.63) is 93.2 Å². The number of carbonyl (C=O) groups is 1. The van der Waals surface area contributed by atoms with Crippen LogP contribution in [0.1, 0.15) is 15.9 Å². The Morgan fingerprint density at radius 2 is 1.84 bits per heavy atom. The largest absolute Gasteiger partial charge is 0.496 e. The first-order chi connectivity index (χ1) is 15.0. The number of fused-ring (bicyclic) bond motifs is 1. The fourth-order valence-electron chi connectivity index (χ4n) is 3.24. The molecular weight excluding hydrogens is 432 g/mol. The van der Waals surface area contributed by atoms with Crippen LogP contribution in [-0.4, -0.2) is 28.2 Å². The smallest absolute Gasteiger partial charge is 0.266 e. The zero-order valence-electron chi connectivity index (χ0n) is 17.0. The van der Waals surface area contributed by atoms with Gasteiger partial charge in [0, 0.05) is 5.02 Å². The van der Waals surface area contributed by atoms with Gasteiger partial charge in [0.15, 0.2) is 10.9 Å². The number of ether oxygens (including phenoxy) is 1. The van der Waals surface area contributed by atoms with Crippen LogP contribution in [0.25, 0.3) is 16.6 Å². The number of aromatic nitrogens is 2. The molecular formula is C24H19ClN2O3S. The summed E-state index contributed by atoms with van der Waals surface area (Å²) >= 11 is 7.52. The third-order valence-corrected chi connectivity index (χ3v) is 6.24. The highest BCUT2D eigenvalue weighted by Gasteiger charge is 2.17. The van der Waals surface area contributed by atoms with Gasteiger partial charge >= 0.3 is 0 Å². The molecule has 0 bridgehead atoms. The third kappa shape index (κ3) is 4.22. The average Bonchev–Trinajstić information content (AvgIpc) is 2.79. The van der Waals surface area contributed by atoms with E-state index in [4.69, 9.17) is 16.3 Å². The van der Waals surface area contributed by atoms with Crippen LogP contribution in [0.15, 0.2) is 76.7 Å². The second kappa shape index (κ2) is 8.96. The van der Waals surface area contributed by atoms with Gasteiger partial charge in [-0.1, -0.05) is 53.7 Å². The van der Waals surface area contributed by atoms with Crippen molar-refractivity contribution in [2.24, 2.45) is 0 Å². The van der Waals surface area contributed by atoms with E-state index >= 15 is 0 Å². The van der Waals surface area contributed by atoms with Crippen molar-refractivity contribution >= 4 is 40.0 Å². The van der Waals surface area contributed by atoms with E-state index in [-0.39, 0.29) is 17.1 Å². The lowest BCUT2D eigenvalue weighted by molar-refractivity contribution is 0.101. The van der Waals surface area contributed by atoms with Gasteiger partial charge in [-0.05, 0) is 48.9 Å². The molecule has 0 unspecified atom stereocenters. The number of ketones is 1. The second-order valence-electron chi connectivity index (χ2n) is 6.90. The van der Waals surface area contributed by atoms with Crippen LogP contribution >= 0.6 is 23.4 Å². The fraction of sp³-hybridized carbons (Fsp3) is 0.125. The van der Waals surface area contributed by atoms with Gasteiger partial charge in [-0.3, -0.25) is 14.2 Å². The molecule has 0 atom stereocenters. The minimum atomic E-state index is -0.210. The normalized spacial score (nSPS) is 10.9. The van der Waals surface area contributed by atoms with Gasteiger partial charge in [0.2, 0.25) is 0 Å². The van der Waals surface area contributed by atoms with E-state index in [9.17, 15) is 9.59 Å². The molecule has 4 aromatic rings. The number of methoxy groups -OCH3 is 1. The van der Waals surface area contributed by atoms with Gasteiger partial charge in [-0.15, -0.1) is 0 Å². The number of thioether (sulfide) groups is 1. The standard InChI is InChI=1S/C24H19ClN2O3S/c1-15-11-12-16(13-19(15)25)27-23(29)17-7-3-5-9-20(17)26-24(27)31-14-21(28)18-8-4-6-10-22(18)30-2/h3-13H,14H2,1-2H3. The molecule has 0 saturated carbocycles. The van der Waals surface area contributed by atoms with Crippen LogP contribution in [0.2, 0.25) is 5.02 Å². The summed E-state index contributed by atoms with van der Waals surface area (Å²) in [6.07, 6.45) is 0.